The first kappa shape index (κ1) is 26.4. The van der Waals surface area contributed by atoms with Gasteiger partial charge in [-0.2, -0.15) is 0 Å². The molecule has 0 radical (unpaired) electrons. The molecule has 0 spiro atoms. The van der Waals surface area contributed by atoms with Gasteiger partial charge in [-0.05, 0) is 32.6 Å². The quantitative estimate of drug-likeness (QED) is 0.496. The summed E-state index contributed by atoms with van der Waals surface area (Å²) in [6.45, 7) is 13.6. The third kappa shape index (κ3) is 12.5. The van der Waals surface area contributed by atoms with E-state index in [4.69, 9.17) is 9.05 Å². The van der Waals surface area contributed by atoms with Crippen LogP contribution in [-0.2, 0) is 23.2 Å². The Morgan fingerprint density at radius 2 is 1.52 bits per heavy atom. The van der Waals surface area contributed by atoms with E-state index in [0.29, 0.717) is 12.8 Å². The molecular weight excluding hydrogens is 371 g/mol. The first-order valence-electron chi connectivity index (χ1n) is 9.25. The van der Waals surface area contributed by atoms with Crippen molar-refractivity contribution in [2.45, 2.75) is 92.8 Å². The number of hydrogen-bond acceptors (Lipinski definition) is 6. The molecule has 0 aromatic rings. The Kier molecular flexibility index (Phi) is 9.54. The van der Waals surface area contributed by atoms with Gasteiger partial charge in [0.1, 0.15) is 11.9 Å². The van der Waals surface area contributed by atoms with Gasteiger partial charge in [-0.1, -0.05) is 34.6 Å². The van der Waals surface area contributed by atoms with Gasteiger partial charge >= 0.3 is 7.82 Å². The van der Waals surface area contributed by atoms with E-state index in [1.165, 1.54) is 0 Å². The molecule has 0 amide bonds. The number of phosphoric acid groups is 1. The minimum absolute atomic E-state index is 0.0652. The van der Waals surface area contributed by atoms with Gasteiger partial charge in [-0.25, -0.2) is 4.57 Å². The molecule has 0 aliphatic carbocycles. The SMILES string of the molecule is CC(C)(C)CC(=O)CCCC(=O)C(O)C(C)(C)COP(=O)(O)OC(C)(C)C. The normalized spacial score (nSPS) is 16.7. The van der Waals surface area contributed by atoms with Gasteiger partial charge < -0.3 is 10.00 Å². The number of Topliss-reactive ketones (excluding diaryl/α,β-unsaturated/α-hetero) is 2. The van der Waals surface area contributed by atoms with Crippen molar-refractivity contribution in [3.05, 3.63) is 0 Å². The minimum atomic E-state index is -4.30. The second-order valence-corrected chi connectivity index (χ2v) is 11.3. The van der Waals surface area contributed by atoms with Crippen LogP contribution in [0.2, 0.25) is 0 Å². The third-order valence-electron chi connectivity index (χ3n) is 3.64. The molecule has 0 saturated heterocycles. The highest BCUT2D eigenvalue weighted by Crippen LogP contribution is 2.48. The largest absolute Gasteiger partial charge is 0.472 e. The molecule has 0 fully saturated rings. The fourth-order valence-corrected chi connectivity index (χ4v) is 3.65. The predicted molar refractivity (Wildman–Crippen MR) is 104 cm³/mol. The van der Waals surface area contributed by atoms with E-state index in [0.717, 1.165) is 0 Å². The highest BCUT2D eigenvalue weighted by atomic mass is 31.2. The lowest BCUT2D eigenvalue weighted by atomic mass is 9.83. The highest BCUT2D eigenvalue weighted by Gasteiger charge is 2.37. The molecule has 0 aliphatic heterocycles. The van der Waals surface area contributed by atoms with Crippen LogP contribution in [-0.4, -0.2) is 39.9 Å². The van der Waals surface area contributed by atoms with Crippen LogP contribution in [0, 0.1) is 10.8 Å². The Labute approximate surface area is 163 Å². The Hall–Kier alpha value is -0.590. The standard InChI is InChI=1S/C19H37O7P/c1-17(2,3)12-14(20)10-9-11-15(21)16(22)19(7,8)13-25-27(23,24)26-18(4,5)6/h16,22H,9-13H2,1-8H3,(H,23,24). The average molecular weight is 408 g/mol. The van der Waals surface area contributed by atoms with E-state index >= 15 is 0 Å². The first-order chi connectivity index (χ1) is 11.8. The monoisotopic (exact) mass is 408 g/mol. The van der Waals surface area contributed by atoms with Gasteiger partial charge in [0, 0.05) is 24.7 Å². The molecule has 0 aromatic carbocycles. The third-order valence-corrected chi connectivity index (χ3v) is 4.87. The number of aliphatic hydroxyl groups excluding tert-OH is 1. The Balaban J connectivity index is 4.55. The van der Waals surface area contributed by atoms with Crippen molar-refractivity contribution in [1.82, 2.24) is 0 Å². The van der Waals surface area contributed by atoms with E-state index in [9.17, 15) is 24.2 Å². The Morgan fingerprint density at radius 3 is 1.96 bits per heavy atom. The molecule has 0 aliphatic rings. The molecule has 2 unspecified atom stereocenters. The molecule has 8 heteroatoms. The van der Waals surface area contributed by atoms with Crippen LogP contribution in [0.1, 0.15) is 81.1 Å². The van der Waals surface area contributed by atoms with Crippen LogP contribution < -0.4 is 0 Å². The van der Waals surface area contributed by atoms with E-state index in [2.05, 4.69) is 0 Å². The molecule has 0 saturated carbocycles. The van der Waals surface area contributed by atoms with Gasteiger partial charge in [-0.3, -0.25) is 18.6 Å². The summed E-state index contributed by atoms with van der Waals surface area (Å²) in [5.74, 6) is -0.329. The highest BCUT2D eigenvalue weighted by molar-refractivity contribution is 7.47. The van der Waals surface area contributed by atoms with Crippen LogP contribution >= 0.6 is 7.82 Å². The maximum absolute atomic E-state index is 12.2. The molecule has 0 bridgehead atoms. The molecule has 2 N–H and O–H groups in total. The zero-order valence-electron chi connectivity index (χ0n) is 18.0. The lowest BCUT2D eigenvalue weighted by Gasteiger charge is -2.31. The molecule has 0 rings (SSSR count). The summed E-state index contributed by atoms with van der Waals surface area (Å²) in [4.78, 5) is 33.8. The Bertz CT molecular complexity index is 555. The van der Waals surface area contributed by atoms with Gasteiger partial charge in [0.25, 0.3) is 0 Å². The topological polar surface area (TPSA) is 110 Å². The first-order valence-corrected chi connectivity index (χ1v) is 10.7. The van der Waals surface area contributed by atoms with Crippen LogP contribution in [0.5, 0.6) is 0 Å². The molecular formula is C19H37O7P. The molecule has 2 atom stereocenters. The number of carbonyl (C=O) groups is 2. The van der Waals surface area contributed by atoms with Crippen LogP contribution in [0.4, 0.5) is 0 Å². The van der Waals surface area contributed by atoms with Crippen molar-refractivity contribution >= 4 is 19.4 Å². The van der Waals surface area contributed by atoms with Gasteiger partial charge in [0.2, 0.25) is 0 Å². The van der Waals surface area contributed by atoms with Crippen LogP contribution in [0.3, 0.4) is 0 Å². The summed E-state index contributed by atoms with van der Waals surface area (Å²) < 4.78 is 21.9. The van der Waals surface area contributed by atoms with Crippen molar-refractivity contribution in [1.29, 1.82) is 0 Å². The van der Waals surface area contributed by atoms with Crippen LogP contribution in [0.15, 0.2) is 0 Å². The van der Waals surface area contributed by atoms with Crippen molar-refractivity contribution in [2.24, 2.45) is 10.8 Å². The molecule has 0 heterocycles. The molecule has 160 valence electrons. The van der Waals surface area contributed by atoms with Crippen molar-refractivity contribution in [2.75, 3.05) is 6.61 Å². The van der Waals surface area contributed by atoms with Crippen molar-refractivity contribution in [3.63, 3.8) is 0 Å². The Morgan fingerprint density at radius 1 is 1.00 bits per heavy atom. The summed E-state index contributed by atoms with van der Waals surface area (Å²) >= 11 is 0. The van der Waals surface area contributed by atoms with Gasteiger partial charge in [-0.15, -0.1) is 0 Å². The molecule has 7 nitrogen and oxygen atoms in total. The van der Waals surface area contributed by atoms with Gasteiger partial charge in [0.05, 0.1) is 12.2 Å². The summed E-state index contributed by atoms with van der Waals surface area (Å²) in [6, 6.07) is 0. The number of carbonyl (C=O) groups excluding carboxylic acids is 2. The van der Waals surface area contributed by atoms with E-state index < -0.39 is 30.7 Å². The number of aliphatic hydroxyl groups is 1. The lowest BCUT2D eigenvalue weighted by Crippen LogP contribution is -2.40. The van der Waals surface area contributed by atoms with E-state index in [1.807, 2.05) is 20.8 Å². The maximum Gasteiger partial charge on any atom is 0.472 e. The smallest absolute Gasteiger partial charge is 0.385 e. The number of ketones is 2. The summed E-state index contributed by atoms with van der Waals surface area (Å²) in [5, 5.41) is 10.3. The zero-order valence-corrected chi connectivity index (χ0v) is 18.9. The number of phosphoric ester groups is 1. The van der Waals surface area contributed by atoms with Gasteiger partial charge in [0.15, 0.2) is 5.78 Å². The van der Waals surface area contributed by atoms with Crippen molar-refractivity contribution in [3.8, 4) is 0 Å². The second-order valence-electron chi connectivity index (χ2n) is 9.93. The van der Waals surface area contributed by atoms with E-state index in [-0.39, 0.29) is 30.6 Å². The zero-order chi connectivity index (χ0) is 21.7. The summed E-state index contributed by atoms with van der Waals surface area (Å²) in [5.41, 5.74) is -2.04. The minimum Gasteiger partial charge on any atom is -0.385 e. The average Bonchev–Trinajstić information content (AvgIpc) is 2.40. The number of hydrogen-bond donors (Lipinski definition) is 2. The van der Waals surface area contributed by atoms with Crippen LogP contribution in [0.25, 0.3) is 0 Å². The fraction of sp³-hybridized carbons (Fsp3) is 0.895. The lowest BCUT2D eigenvalue weighted by molar-refractivity contribution is -0.135. The maximum atomic E-state index is 12.2. The fourth-order valence-electron chi connectivity index (χ4n) is 2.41. The van der Waals surface area contributed by atoms with Crippen molar-refractivity contribution < 1.29 is 33.2 Å². The number of rotatable bonds is 11. The second kappa shape index (κ2) is 9.75. The molecule has 27 heavy (non-hydrogen) atoms. The van der Waals surface area contributed by atoms with E-state index in [1.54, 1.807) is 34.6 Å². The summed E-state index contributed by atoms with van der Waals surface area (Å²) in [7, 11) is -4.30. The molecule has 0 aromatic heterocycles. The predicted octanol–water partition coefficient (Wildman–Crippen LogP) is 4.05. The summed E-state index contributed by atoms with van der Waals surface area (Å²) in [6.07, 6.45) is -0.200.